The lowest BCUT2D eigenvalue weighted by atomic mass is 10.3. The summed E-state index contributed by atoms with van der Waals surface area (Å²) in [5.41, 5.74) is 0.708. The number of nitrogens with zero attached hydrogens (tertiary/aromatic N) is 1. The summed E-state index contributed by atoms with van der Waals surface area (Å²) in [5, 5.41) is 5.88. The molecule has 0 heterocycles. The van der Waals surface area contributed by atoms with E-state index in [4.69, 9.17) is 60.5 Å². The summed E-state index contributed by atoms with van der Waals surface area (Å²) in [6.07, 6.45) is -2.65. The molecule has 2 aromatic carbocycles. The fraction of sp³-hybridized carbons (Fsp3) is 0.227. The highest BCUT2D eigenvalue weighted by Gasteiger charge is 2.12. The van der Waals surface area contributed by atoms with Crippen LogP contribution in [0.25, 0.3) is 0 Å². The predicted molar refractivity (Wildman–Crippen MR) is 181 cm³/mol. The largest absolute Gasteiger partial charge is 0.446 e. The number of isocyanates is 1. The molecule has 0 saturated heterocycles. The van der Waals surface area contributed by atoms with Crippen LogP contribution in [-0.2, 0) is 53.3 Å². The van der Waals surface area contributed by atoms with Crippen LogP contribution in [0.5, 0.6) is 0 Å². The summed E-state index contributed by atoms with van der Waals surface area (Å²) >= 11 is 23.0. The van der Waals surface area contributed by atoms with Gasteiger partial charge >= 0.3 is 43.9 Å². The van der Waals surface area contributed by atoms with Crippen molar-refractivity contribution >= 4 is 128 Å². The van der Waals surface area contributed by atoms with E-state index in [1.54, 1.807) is 4.72 Å². The van der Waals surface area contributed by atoms with Gasteiger partial charge in [-0.1, -0.05) is 50.8 Å². The number of ether oxygens (including phenoxy) is 4. The van der Waals surface area contributed by atoms with Crippen molar-refractivity contribution in [2.45, 2.75) is 0 Å². The minimum absolute atomic E-state index is 0.240. The number of halogens is 5. The Bertz CT molecular complexity index is 1810. The summed E-state index contributed by atoms with van der Waals surface area (Å²) in [7, 11) is -8.01. The highest BCUT2D eigenvalue weighted by atomic mass is 35.7. The standard InChI is InChI=1S/C11H12Cl2N2O6S.C10H10Cl2N2O7S.CClNO3S/c1-22(18,19)15-11(17)21-5-4-20-10(16)14-7-2-3-8(12)9(13)6-7;11-7-2-1-6(5-8(7)12)13-9(15)20-3-4-21-10(16)14-22(17,18)19;2-7(5,6)3-1-4/h2-3,6H,4-5H2,1H3,(H,14,16)(H,15,17);1-2,5H,3-4H2,(H,13,15)(H,14,16)(H,17,18,19);. The minimum Gasteiger partial charge on any atom is -0.446 e. The maximum Gasteiger partial charge on any atom is 0.422 e. The molecular weight excluding hydrogens is 864 g/mol. The number of carbonyl (C=O) groups excluding carboxylic acids is 5. The highest BCUT2D eigenvalue weighted by Crippen LogP contribution is 2.26. The van der Waals surface area contributed by atoms with Crippen LogP contribution in [0.3, 0.4) is 0 Å². The molecule has 0 radical (unpaired) electrons. The van der Waals surface area contributed by atoms with Crippen LogP contribution < -0.4 is 20.1 Å². The molecule has 0 aromatic heterocycles. The Morgan fingerprint density at radius 3 is 1.29 bits per heavy atom. The summed E-state index contributed by atoms with van der Waals surface area (Å²) in [4.78, 5) is 53.6. The van der Waals surface area contributed by atoms with Crippen molar-refractivity contribution in [2.75, 3.05) is 43.3 Å². The van der Waals surface area contributed by atoms with Gasteiger partial charge in [-0.15, -0.1) is 0 Å². The van der Waals surface area contributed by atoms with Crippen molar-refractivity contribution in [3.05, 3.63) is 56.5 Å². The minimum atomic E-state index is -4.69. The van der Waals surface area contributed by atoms with Crippen LogP contribution >= 0.6 is 57.1 Å². The van der Waals surface area contributed by atoms with Crippen molar-refractivity contribution in [1.82, 2.24) is 9.44 Å². The molecule has 0 bridgehead atoms. The fourth-order valence-electron chi connectivity index (χ4n) is 2.35. The van der Waals surface area contributed by atoms with Crippen LogP contribution in [0.1, 0.15) is 0 Å². The van der Waals surface area contributed by atoms with E-state index in [2.05, 4.69) is 39.9 Å². The first-order valence-electron chi connectivity index (χ1n) is 12.3. The Balaban J connectivity index is 0.000000827. The third-order valence-corrected chi connectivity index (χ3v) is 7.00. The van der Waals surface area contributed by atoms with Crippen LogP contribution in [-0.4, -0.2) is 92.9 Å². The second-order valence-electron chi connectivity index (χ2n) is 8.10. The molecule has 0 aliphatic rings. The molecule has 4 amide bonds. The zero-order valence-electron chi connectivity index (χ0n) is 24.9. The van der Waals surface area contributed by atoms with E-state index in [1.807, 2.05) is 0 Å². The van der Waals surface area contributed by atoms with E-state index >= 15 is 0 Å². The molecule has 21 nitrogen and oxygen atoms in total. The molecule has 5 N–H and O–H groups in total. The lowest BCUT2D eigenvalue weighted by molar-refractivity contribution is 0.105. The Morgan fingerprint density at radius 1 is 0.667 bits per heavy atom. The molecule has 0 unspecified atom stereocenters. The van der Waals surface area contributed by atoms with Crippen molar-refractivity contribution in [2.24, 2.45) is 4.40 Å². The van der Waals surface area contributed by atoms with Gasteiger partial charge in [-0.25, -0.2) is 37.1 Å². The fourth-order valence-corrected chi connectivity index (χ4v) is 3.75. The number of nitrogens with one attached hydrogen (secondary N) is 4. The second-order valence-corrected chi connectivity index (χ2v) is 14.8. The molecule has 0 aliphatic heterocycles. The van der Waals surface area contributed by atoms with Gasteiger partial charge in [0, 0.05) is 22.1 Å². The van der Waals surface area contributed by atoms with Gasteiger partial charge in [0.05, 0.1) is 26.3 Å². The molecule has 0 aliphatic carbocycles. The number of carbonyl (C=O) groups is 4. The van der Waals surface area contributed by atoms with Crippen LogP contribution in [0.15, 0.2) is 40.8 Å². The van der Waals surface area contributed by atoms with Crippen molar-refractivity contribution in [3.63, 3.8) is 0 Å². The summed E-state index contributed by atoms with van der Waals surface area (Å²) in [6.45, 7) is -1.33. The molecule has 284 valence electrons. The molecule has 0 saturated carbocycles. The van der Waals surface area contributed by atoms with E-state index < -0.39 is 60.5 Å². The summed E-state index contributed by atoms with van der Waals surface area (Å²) in [6, 6.07) is 8.82. The first-order valence-corrected chi connectivity index (χ1v) is 19.4. The first-order chi connectivity index (χ1) is 23.4. The zero-order chi connectivity index (χ0) is 39.4. The number of anilines is 2. The molecule has 2 aromatic rings. The van der Waals surface area contributed by atoms with Gasteiger partial charge in [0.15, 0.2) is 0 Å². The molecular formula is C22H22Cl5N5O16S3. The van der Waals surface area contributed by atoms with Crippen molar-refractivity contribution in [1.29, 1.82) is 0 Å². The number of rotatable bonds is 11. The monoisotopic (exact) mass is 883 g/mol. The molecule has 2 rings (SSSR count). The molecule has 0 spiro atoms. The zero-order valence-corrected chi connectivity index (χ0v) is 31.2. The van der Waals surface area contributed by atoms with E-state index in [9.17, 15) is 44.4 Å². The van der Waals surface area contributed by atoms with Gasteiger partial charge in [-0.05, 0) is 36.4 Å². The van der Waals surface area contributed by atoms with Gasteiger partial charge in [0.2, 0.25) is 10.0 Å². The smallest absolute Gasteiger partial charge is 0.422 e. The highest BCUT2D eigenvalue weighted by molar-refractivity contribution is 8.12. The number of amides is 4. The quantitative estimate of drug-likeness (QED) is 0.0530. The molecule has 51 heavy (non-hydrogen) atoms. The molecule has 0 fully saturated rings. The molecule has 29 heteroatoms. The SMILES string of the molecule is CS(=O)(=O)NC(=O)OCCOC(=O)Nc1ccc(Cl)c(Cl)c1.O=C(Nc1ccc(Cl)c(Cl)c1)OCCOC(=O)NS(=O)(=O)O.O=C=NS(=O)(=O)Cl. The van der Waals surface area contributed by atoms with Gasteiger partial charge < -0.3 is 18.9 Å². The Kier molecular flexibility index (Phi) is 21.1. The lowest BCUT2D eigenvalue weighted by Gasteiger charge is -2.08. The third-order valence-electron chi connectivity index (χ3n) is 4.06. The first kappa shape index (κ1) is 47.2. The Hall–Kier alpha value is -3.84. The van der Waals surface area contributed by atoms with Crippen molar-refractivity contribution < 1.29 is 72.7 Å². The number of sulfonamides is 1. The van der Waals surface area contributed by atoms with Gasteiger partial charge in [-0.2, -0.15) is 21.6 Å². The maximum atomic E-state index is 11.4. The third kappa shape index (κ3) is 26.6. The lowest BCUT2D eigenvalue weighted by Crippen LogP contribution is -2.31. The summed E-state index contributed by atoms with van der Waals surface area (Å²) < 4.78 is 92.5. The average molecular weight is 886 g/mol. The van der Waals surface area contributed by atoms with Crippen LogP contribution in [0.4, 0.5) is 30.6 Å². The van der Waals surface area contributed by atoms with E-state index in [0.29, 0.717) is 21.4 Å². The maximum absolute atomic E-state index is 11.4. The Labute approximate surface area is 313 Å². The van der Waals surface area contributed by atoms with E-state index in [0.717, 1.165) is 17.1 Å². The van der Waals surface area contributed by atoms with Crippen LogP contribution in [0, 0.1) is 0 Å². The normalized spacial score (nSPS) is 10.6. The average Bonchev–Trinajstić information content (AvgIpc) is 2.96. The van der Waals surface area contributed by atoms with E-state index in [-0.39, 0.29) is 29.9 Å². The topological polar surface area (TPSA) is 305 Å². The van der Waals surface area contributed by atoms with Crippen molar-refractivity contribution in [3.8, 4) is 0 Å². The Morgan fingerprint density at radius 2 is 1.02 bits per heavy atom. The second kappa shape index (κ2) is 22.9. The number of hydrogen-bond acceptors (Lipinski definition) is 15. The van der Waals surface area contributed by atoms with Gasteiger partial charge in [0.25, 0.3) is 6.08 Å². The number of benzene rings is 2. The summed E-state index contributed by atoms with van der Waals surface area (Å²) in [5.74, 6) is 0. The number of hydrogen-bond donors (Lipinski definition) is 5. The predicted octanol–water partition coefficient (Wildman–Crippen LogP) is 4.10. The van der Waals surface area contributed by atoms with E-state index in [1.165, 1.54) is 36.4 Å². The van der Waals surface area contributed by atoms with Gasteiger partial charge in [-0.3, -0.25) is 15.2 Å². The molecule has 0 atom stereocenters. The van der Waals surface area contributed by atoms with Crippen LogP contribution in [0.2, 0.25) is 20.1 Å². The van der Waals surface area contributed by atoms with Gasteiger partial charge in [0.1, 0.15) is 26.4 Å².